The molecule has 0 spiro atoms. The second-order valence-electron chi connectivity index (χ2n) is 4.86. The average Bonchev–Trinajstić information content (AvgIpc) is 2.50. The molecule has 2 rings (SSSR count). The Bertz CT molecular complexity index is 586. The quantitative estimate of drug-likeness (QED) is 0.808. The highest BCUT2D eigenvalue weighted by molar-refractivity contribution is 7.99. The average molecular weight is 305 g/mol. The van der Waals surface area contributed by atoms with Crippen LogP contribution in [0.15, 0.2) is 47.4 Å². The first-order valence-corrected chi connectivity index (χ1v) is 7.82. The molecule has 21 heavy (non-hydrogen) atoms. The third-order valence-corrected chi connectivity index (χ3v) is 4.47. The maximum atomic E-state index is 13.8. The number of aryl methyl sites for hydroxylation is 1. The number of halogens is 1. The van der Waals surface area contributed by atoms with E-state index in [1.807, 2.05) is 13.1 Å². The fourth-order valence-electron chi connectivity index (χ4n) is 2.06. The van der Waals surface area contributed by atoms with Crippen LogP contribution in [0.25, 0.3) is 0 Å². The largest absolute Gasteiger partial charge is 0.494 e. The highest BCUT2D eigenvalue weighted by Gasteiger charge is 2.12. The van der Waals surface area contributed by atoms with Crippen molar-refractivity contribution < 1.29 is 9.13 Å². The van der Waals surface area contributed by atoms with Gasteiger partial charge in [0.15, 0.2) is 11.6 Å². The molecule has 4 heteroatoms. The van der Waals surface area contributed by atoms with Crippen molar-refractivity contribution in [3.8, 4) is 5.75 Å². The number of ether oxygens (including phenoxy) is 1. The summed E-state index contributed by atoms with van der Waals surface area (Å²) in [6.45, 7) is 2.07. The van der Waals surface area contributed by atoms with Gasteiger partial charge in [0, 0.05) is 16.7 Å². The van der Waals surface area contributed by atoms with Crippen LogP contribution in [0.2, 0.25) is 0 Å². The molecular weight excluding hydrogens is 285 g/mol. The van der Waals surface area contributed by atoms with Gasteiger partial charge in [0.25, 0.3) is 0 Å². The fraction of sp³-hybridized carbons (Fsp3) is 0.294. The van der Waals surface area contributed by atoms with E-state index < -0.39 is 0 Å². The monoisotopic (exact) mass is 305 g/mol. The van der Waals surface area contributed by atoms with Crippen molar-refractivity contribution >= 4 is 11.8 Å². The van der Waals surface area contributed by atoms with Gasteiger partial charge in [-0.2, -0.15) is 0 Å². The third-order valence-electron chi connectivity index (χ3n) is 3.36. The summed E-state index contributed by atoms with van der Waals surface area (Å²) in [5.74, 6) is 0.793. The zero-order chi connectivity index (χ0) is 15.2. The van der Waals surface area contributed by atoms with Gasteiger partial charge in [0.2, 0.25) is 0 Å². The van der Waals surface area contributed by atoms with Gasteiger partial charge in [-0.05, 0) is 43.8 Å². The van der Waals surface area contributed by atoms with E-state index in [0.717, 1.165) is 11.3 Å². The van der Waals surface area contributed by atoms with Crippen LogP contribution in [0.3, 0.4) is 0 Å². The van der Waals surface area contributed by atoms with Crippen molar-refractivity contribution in [2.24, 2.45) is 0 Å². The Balaban J connectivity index is 2.05. The van der Waals surface area contributed by atoms with Crippen LogP contribution in [0.5, 0.6) is 5.75 Å². The number of rotatable bonds is 6. The number of hydrogen-bond donors (Lipinski definition) is 1. The molecule has 0 fully saturated rings. The summed E-state index contributed by atoms with van der Waals surface area (Å²) >= 11 is 1.76. The Kier molecular flexibility index (Phi) is 5.65. The summed E-state index contributed by atoms with van der Waals surface area (Å²) in [7, 11) is 3.36. The Hall–Kier alpha value is -1.52. The lowest BCUT2D eigenvalue weighted by Gasteiger charge is -2.17. The molecule has 2 nitrogen and oxygen atoms in total. The van der Waals surface area contributed by atoms with Crippen molar-refractivity contribution in [1.29, 1.82) is 0 Å². The van der Waals surface area contributed by atoms with E-state index in [1.54, 1.807) is 17.8 Å². The molecule has 0 aromatic heterocycles. The molecule has 112 valence electrons. The molecule has 2 aromatic rings. The van der Waals surface area contributed by atoms with Crippen molar-refractivity contribution in [2.75, 3.05) is 19.9 Å². The normalized spacial score (nSPS) is 12.2. The molecule has 1 N–H and O–H groups in total. The third kappa shape index (κ3) is 4.22. The minimum Gasteiger partial charge on any atom is -0.494 e. The summed E-state index contributed by atoms with van der Waals surface area (Å²) in [5, 5.41) is 3.24. The number of hydrogen-bond acceptors (Lipinski definition) is 3. The van der Waals surface area contributed by atoms with E-state index in [4.69, 9.17) is 4.74 Å². The molecule has 0 saturated carbocycles. The van der Waals surface area contributed by atoms with Gasteiger partial charge in [-0.15, -0.1) is 11.8 Å². The fourth-order valence-corrected chi connectivity index (χ4v) is 3.11. The van der Waals surface area contributed by atoms with Crippen LogP contribution in [-0.4, -0.2) is 19.9 Å². The number of thioether (sulfide) groups is 1. The Morgan fingerprint density at radius 1 is 1.19 bits per heavy atom. The van der Waals surface area contributed by atoms with E-state index in [-0.39, 0.29) is 17.6 Å². The van der Waals surface area contributed by atoms with Crippen LogP contribution >= 0.6 is 11.8 Å². The lowest BCUT2D eigenvalue weighted by atomic mass is 10.1. The standard InChI is InChI=1S/C17H20FNOS/c1-12-4-7-14(8-5-12)21-11-16(19-2)13-6-9-17(20-3)15(18)10-13/h4-10,16,19H,11H2,1-3H3. The minimum atomic E-state index is -0.324. The molecule has 0 aliphatic carbocycles. The van der Waals surface area contributed by atoms with Crippen LogP contribution in [0.4, 0.5) is 4.39 Å². The van der Waals surface area contributed by atoms with Crippen LogP contribution in [0, 0.1) is 12.7 Å². The molecule has 1 atom stereocenters. The van der Waals surface area contributed by atoms with E-state index >= 15 is 0 Å². The van der Waals surface area contributed by atoms with E-state index in [2.05, 4.69) is 36.5 Å². The Labute approximate surface area is 129 Å². The number of methoxy groups -OCH3 is 1. The molecule has 1 unspecified atom stereocenters. The van der Waals surface area contributed by atoms with Crippen LogP contribution < -0.4 is 10.1 Å². The molecule has 0 heterocycles. The van der Waals surface area contributed by atoms with Gasteiger partial charge in [-0.1, -0.05) is 23.8 Å². The highest BCUT2D eigenvalue weighted by atomic mass is 32.2. The summed E-state index contributed by atoms with van der Waals surface area (Å²) < 4.78 is 18.7. The maximum Gasteiger partial charge on any atom is 0.165 e. The molecule has 0 aliphatic heterocycles. The zero-order valence-electron chi connectivity index (χ0n) is 12.5. The predicted octanol–water partition coefficient (Wildman–Crippen LogP) is 4.20. The molecule has 0 amide bonds. The summed E-state index contributed by atoms with van der Waals surface area (Å²) in [5.41, 5.74) is 2.18. The molecule has 0 radical (unpaired) electrons. The Morgan fingerprint density at radius 3 is 2.48 bits per heavy atom. The highest BCUT2D eigenvalue weighted by Crippen LogP contribution is 2.27. The van der Waals surface area contributed by atoms with Crippen molar-refractivity contribution in [3.05, 3.63) is 59.4 Å². The van der Waals surface area contributed by atoms with E-state index in [1.165, 1.54) is 23.6 Å². The molecule has 0 saturated heterocycles. The number of benzene rings is 2. The summed E-state index contributed by atoms with van der Waals surface area (Å²) in [6, 6.07) is 13.6. The maximum absolute atomic E-state index is 13.8. The smallest absolute Gasteiger partial charge is 0.165 e. The van der Waals surface area contributed by atoms with Gasteiger partial charge >= 0.3 is 0 Å². The van der Waals surface area contributed by atoms with Crippen molar-refractivity contribution in [3.63, 3.8) is 0 Å². The summed E-state index contributed by atoms with van der Waals surface area (Å²) in [6.07, 6.45) is 0. The second kappa shape index (κ2) is 7.48. The molecular formula is C17H20FNOS. The molecule has 0 aliphatic rings. The molecule has 0 bridgehead atoms. The van der Waals surface area contributed by atoms with Crippen LogP contribution in [0.1, 0.15) is 17.2 Å². The second-order valence-corrected chi connectivity index (χ2v) is 5.95. The summed E-state index contributed by atoms with van der Waals surface area (Å²) in [4.78, 5) is 1.22. The van der Waals surface area contributed by atoms with Gasteiger partial charge < -0.3 is 10.1 Å². The van der Waals surface area contributed by atoms with Crippen molar-refractivity contribution in [1.82, 2.24) is 5.32 Å². The van der Waals surface area contributed by atoms with Gasteiger partial charge in [0.05, 0.1) is 7.11 Å². The molecule has 2 aromatic carbocycles. The van der Waals surface area contributed by atoms with E-state index in [9.17, 15) is 4.39 Å². The predicted molar refractivity (Wildman–Crippen MR) is 86.7 cm³/mol. The first-order chi connectivity index (χ1) is 10.1. The lowest BCUT2D eigenvalue weighted by Crippen LogP contribution is -2.18. The van der Waals surface area contributed by atoms with Gasteiger partial charge in [-0.25, -0.2) is 4.39 Å². The number of nitrogens with one attached hydrogen (secondary N) is 1. The Morgan fingerprint density at radius 2 is 1.90 bits per heavy atom. The zero-order valence-corrected chi connectivity index (χ0v) is 13.3. The minimum absolute atomic E-state index is 0.0942. The lowest BCUT2D eigenvalue weighted by molar-refractivity contribution is 0.385. The first kappa shape index (κ1) is 15.9. The van der Waals surface area contributed by atoms with Crippen LogP contribution in [-0.2, 0) is 0 Å². The van der Waals surface area contributed by atoms with Gasteiger partial charge in [0.1, 0.15) is 0 Å². The van der Waals surface area contributed by atoms with Gasteiger partial charge in [-0.3, -0.25) is 0 Å². The topological polar surface area (TPSA) is 21.3 Å². The van der Waals surface area contributed by atoms with E-state index in [0.29, 0.717) is 0 Å². The SMILES string of the molecule is CNC(CSc1ccc(C)cc1)c1ccc(OC)c(F)c1. The van der Waals surface area contributed by atoms with Crippen molar-refractivity contribution in [2.45, 2.75) is 17.9 Å². The first-order valence-electron chi connectivity index (χ1n) is 6.84.